The van der Waals surface area contributed by atoms with Crippen LogP contribution in [0.2, 0.25) is 0 Å². The van der Waals surface area contributed by atoms with E-state index in [4.69, 9.17) is 0 Å². The lowest BCUT2D eigenvalue weighted by Gasteiger charge is -2.03. The van der Waals surface area contributed by atoms with Crippen LogP contribution in [0, 0.1) is 6.92 Å². The Kier molecular flexibility index (Phi) is 4.57. The maximum atomic E-state index is 12.0. The van der Waals surface area contributed by atoms with E-state index in [9.17, 15) is 14.4 Å². The molecule has 3 aromatic rings. The second kappa shape index (κ2) is 6.83. The lowest BCUT2D eigenvalue weighted by atomic mass is 10.3. The second-order valence-corrected chi connectivity index (χ2v) is 6.05. The number of rotatable bonds is 4. The van der Waals surface area contributed by atoms with E-state index in [2.05, 4.69) is 10.3 Å². The van der Waals surface area contributed by atoms with E-state index in [0.29, 0.717) is 0 Å². The lowest BCUT2D eigenvalue weighted by Crippen LogP contribution is -2.37. The van der Waals surface area contributed by atoms with Crippen molar-refractivity contribution in [2.75, 3.05) is 0 Å². The van der Waals surface area contributed by atoms with Gasteiger partial charge in [-0.05, 0) is 24.6 Å². The van der Waals surface area contributed by atoms with Gasteiger partial charge in [-0.2, -0.15) is 0 Å². The normalized spacial score (nSPS) is 11.3. The molecule has 0 atom stereocenters. The quantitative estimate of drug-likeness (QED) is 0.686. The molecule has 0 bridgehead atoms. The van der Waals surface area contributed by atoms with Gasteiger partial charge in [0.05, 0.1) is 17.8 Å². The number of amides is 1. The Labute approximate surface area is 149 Å². The third kappa shape index (κ3) is 3.34. The zero-order valence-corrected chi connectivity index (χ0v) is 14.8. The number of pyridine rings is 1. The van der Waals surface area contributed by atoms with Crippen LogP contribution in [0.4, 0.5) is 0 Å². The summed E-state index contributed by atoms with van der Waals surface area (Å²) in [5.41, 5.74) is 2.02. The molecule has 0 fully saturated rings. The van der Waals surface area contributed by atoms with Gasteiger partial charge >= 0.3 is 5.69 Å². The largest absolute Gasteiger partial charge is 0.347 e. The van der Waals surface area contributed by atoms with Gasteiger partial charge in [0.1, 0.15) is 5.65 Å². The first-order valence-corrected chi connectivity index (χ1v) is 8.02. The topological polar surface area (TPSA) is 90.4 Å². The summed E-state index contributed by atoms with van der Waals surface area (Å²) < 4.78 is 4.19. The van der Waals surface area contributed by atoms with Crippen molar-refractivity contribution >= 4 is 17.6 Å². The predicted octanol–water partition coefficient (Wildman–Crippen LogP) is 0.370. The number of hydrogen-bond donors (Lipinski definition) is 1. The molecule has 26 heavy (non-hydrogen) atoms. The Hall–Kier alpha value is -3.42. The summed E-state index contributed by atoms with van der Waals surface area (Å²) in [4.78, 5) is 40.2. The monoisotopic (exact) mass is 353 g/mol. The minimum absolute atomic E-state index is 0.258. The van der Waals surface area contributed by atoms with Gasteiger partial charge in [0.2, 0.25) is 5.91 Å². The highest BCUT2D eigenvalue weighted by Crippen LogP contribution is 2.09. The van der Waals surface area contributed by atoms with Crippen LogP contribution in [-0.4, -0.2) is 24.4 Å². The Balaban J connectivity index is 1.71. The van der Waals surface area contributed by atoms with Crippen LogP contribution < -0.4 is 16.6 Å². The van der Waals surface area contributed by atoms with Gasteiger partial charge in [-0.1, -0.05) is 6.07 Å². The molecule has 1 N–H and O–H groups in total. The van der Waals surface area contributed by atoms with Crippen molar-refractivity contribution in [3.63, 3.8) is 0 Å². The van der Waals surface area contributed by atoms with Gasteiger partial charge in [-0.15, -0.1) is 0 Å². The molecule has 134 valence electrons. The Morgan fingerprint density at radius 3 is 2.77 bits per heavy atom. The summed E-state index contributed by atoms with van der Waals surface area (Å²) >= 11 is 0. The molecule has 0 saturated carbocycles. The standard InChI is InChI=1S/C18H19N5O3/c1-12-5-4-8-23-11-14(20-16(12)23)9-19-15(24)7-6-13-10-21(2)18(26)22(3)17(13)25/h4-8,10-11H,9H2,1-3H3,(H,19,24). The van der Waals surface area contributed by atoms with Crippen LogP contribution in [0.15, 0.2) is 46.4 Å². The van der Waals surface area contributed by atoms with E-state index < -0.39 is 11.2 Å². The van der Waals surface area contributed by atoms with Crippen LogP contribution >= 0.6 is 0 Å². The number of aromatic nitrogens is 4. The fourth-order valence-corrected chi connectivity index (χ4v) is 2.64. The second-order valence-electron chi connectivity index (χ2n) is 6.05. The van der Waals surface area contributed by atoms with Crippen molar-refractivity contribution < 1.29 is 4.79 Å². The Morgan fingerprint density at radius 2 is 2.04 bits per heavy atom. The van der Waals surface area contributed by atoms with Crippen molar-refractivity contribution in [3.05, 3.63) is 74.5 Å². The fourth-order valence-electron chi connectivity index (χ4n) is 2.64. The maximum absolute atomic E-state index is 12.0. The molecule has 0 aliphatic rings. The average Bonchev–Trinajstić information content (AvgIpc) is 3.04. The summed E-state index contributed by atoms with van der Waals surface area (Å²) in [6, 6.07) is 3.91. The Morgan fingerprint density at radius 1 is 1.27 bits per heavy atom. The first kappa shape index (κ1) is 17.4. The molecule has 3 rings (SSSR count). The third-order valence-electron chi connectivity index (χ3n) is 4.06. The van der Waals surface area contributed by atoms with Crippen molar-refractivity contribution in [2.24, 2.45) is 14.1 Å². The van der Waals surface area contributed by atoms with Crippen LogP contribution in [0.3, 0.4) is 0 Å². The third-order valence-corrected chi connectivity index (χ3v) is 4.06. The molecule has 0 unspecified atom stereocenters. The van der Waals surface area contributed by atoms with Gasteiger partial charge in [-0.25, -0.2) is 9.78 Å². The summed E-state index contributed by atoms with van der Waals surface area (Å²) in [5.74, 6) is -0.352. The van der Waals surface area contributed by atoms with Crippen molar-refractivity contribution in [1.82, 2.24) is 23.8 Å². The zero-order chi connectivity index (χ0) is 18.8. The molecule has 3 heterocycles. The molecule has 0 saturated heterocycles. The number of nitrogens with zero attached hydrogens (tertiary/aromatic N) is 4. The Bertz CT molecular complexity index is 1130. The lowest BCUT2D eigenvalue weighted by molar-refractivity contribution is -0.116. The summed E-state index contributed by atoms with van der Waals surface area (Å²) in [7, 11) is 2.94. The minimum atomic E-state index is -0.451. The average molecular weight is 353 g/mol. The zero-order valence-electron chi connectivity index (χ0n) is 14.8. The highest BCUT2D eigenvalue weighted by Gasteiger charge is 2.06. The van der Waals surface area contributed by atoms with Gasteiger partial charge in [-0.3, -0.25) is 14.2 Å². The molecule has 8 nitrogen and oxygen atoms in total. The molecular weight excluding hydrogens is 334 g/mol. The van der Waals surface area contributed by atoms with Crippen LogP contribution in [-0.2, 0) is 25.4 Å². The molecule has 0 aliphatic heterocycles. The number of aryl methyl sites for hydroxylation is 2. The summed E-state index contributed by atoms with van der Waals surface area (Å²) in [5, 5.41) is 2.73. The number of imidazole rings is 1. The van der Waals surface area contributed by atoms with E-state index in [0.717, 1.165) is 21.5 Å². The van der Waals surface area contributed by atoms with Crippen molar-refractivity contribution in [2.45, 2.75) is 13.5 Å². The van der Waals surface area contributed by atoms with E-state index in [-0.39, 0.29) is 18.0 Å². The molecule has 0 aliphatic carbocycles. The summed E-state index contributed by atoms with van der Waals surface area (Å²) in [6.45, 7) is 2.25. The van der Waals surface area contributed by atoms with E-state index in [1.165, 1.54) is 30.0 Å². The molecule has 0 aromatic carbocycles. The van der Waals surface area contributed by atoms with Crippen LogP contribution in [0.5, 0.6) is 0 Å². The smallest absolute Gasteiger partial charge is 0.330 e. The van der Waals surface area contributed by atoms with Crippen LogP contribution in [0.1, 0.15) is 16.8 Å². The molecule has 1 amide bonds. The number of carbonyl (C=O) groups is 1. The summed E-state index contributed by atoms with van der Waals surface area (Å²) in [6.07, 6.45) is 7.82. The maximum Gasteiger partial charge on any atom is 0.330 e. The van der Waals surface area contributed by atoms with Crippen molar-refractivity contribution in [1.29, 1.82) is 0 Å². The SMILES string of the molecule is Cc1cccn2cc(CNC(=O)C=Cc3cn(C)c(=O)n(C)c3=O)nc12. The van der Waals surface area contributed by atoms with Gasteiger partial charge in [0, 0.05) is 38.8 Å². The number of fused-ring (bicyclic) bond motifs is 1. The number of nitrogens with one attached hydrogen (secondary N) is 1. The van der Waals surface area contributed by atoms with Crippen LogP contribution in [0.25, 0.3) is 11.7 Å². The highest BCUT2D eigenvalue weighted by atomic mass is 16.2. The van der Waals surface area contributed by atoms with E-state index in [1.807, 2.05) is 35.9 Å². The van der Waals surface area contributed by atoms with E-state index in [1.54, 1.807) is 7.05 Å². The van der Waals surface area contributed by atoms with Gasteiger partial charge < -0.3 is 14.3 Å². The molecule has 3 aromatic heterocycles. The molecular formula is C18H19N5O3. The predicted molar refractivity (Wildman–Crippen MR) is 97.7 cm³/mol. The van der Waals surface area contributed by atoms with E-state index >= 15 is 0 Å². The van der Waals surface area contributed by atoms with Gasteiger partial charge in [0.25, 0.3) is 5.56 Å². The molecule has 0 radical (unpaired) electrons. The van der Waals surface area contributed by atoms with Gasteiger partial charge in [0.15, 0.2) is 0 Å². The number of hydrogen-bond acceptors (Lipinski definition) is 4. The highest BCUT2D eigenvalue weighted by molar-refractivity contribution is 5.91. The van der Waals surface area contributed by atoms with Crippen molar-refractivity contribution in [3.8, 4) is 0 Å². The minimum Gasteiger partial charge on any atom is -0.347 e. The first-order chi connectivity index (χ1) is 12.4. The number of carbonyl (C=O) groups excluding carboxylic acids is 1. The first-order valence-electron chi connectivity index (χ1n) is 8.02. The molecule has 8 heteroatoms. The molecule has 0 spiro atoms. The fraction of sp³-hybridized carbons (Fsp3) is 0.222.